The van der Waals surface area contributed by atoms with E-state index in [1.807, 2.05) is 0 Å². The zero-order chi connectivity index (χ0) is 20.4. The maximum Gasteiger partial charge on any atom is 0.335 e. The summed E-state index contributed by atoms with van der Waals surface area (Å²) >= 11 is 5.96. The summed E-state index contributed by atoms with van der Waals surface area (Å²) in [6.07, 6.45) is 1.26. The Morgan fingerprint density at radius 3 is 2.43 bits per heavy atom. The third-order valence-electron chi connectivity index (χ3n) is 3.95. The van der Waals surface area contributed by atoms with Gasteiger partial charge in [-0.05, 0) is 42.0 Å². The highest BCUT2D eigenvalue weighted by Crippen LogP contribution is 2.27. The minimum absolute atomic E-state index is 0.0870. The third-order valence-corrected chi connectivity index (χ3v) is 4.19. The number of urea groups is 1. The standard InChI is InChI=1S/C19H13ClN2O6/c1-28-15-7-4-12(20)8-11(15)9-14-16(23)21-19(27)22(17(14)24)13-5-2-10(3-6-13)18(25)26/h2-9H,1H3,(H,25,26)(H,21,23,27)/p-1/b14-9+. The van der Waals surface area contributed by atoms with Crippen molar-refractivity contribution >= 4 is 47.2 Å². The molecule has 2 aromatic rings. The van der Waals surface area contributed by atoms with Crippen LogP contribution in [0.3, 0.4) is 0 Å². The summed E-state index contributed by atoms with van der Waals surface area (Å²) < 4.78 is 5.19. The van der Waals surface area contributed by atoms with Gasteiger partial charge in [-0.1, -0.05) is 23.7 Å². The second-order valence-electron chi connectivity index (χ2n) is 5.68. The van der Waals surface area contributed by atoms with Crippen LogP contribution >= 0.6 is 11.6 Å². The fourth-order valence-electron chi connectivity index (χ4n) is 2.61. The van der Waals surface area contributed by atoms with Crippen LogP contribution in [0.2, 0.25) is 5.02 Å². The number of rotatable bonds is 4. The summed E-state index contributed by atoms with van der Waals surface area (Å²) in [7, 11) is 1.42. The Kier molecular flexibility index (Phi) is 5.14. The van der Waals surface area contributed by atoms with Gasteiger partial charge in [0.15, 0.2) is 0 Å². The van der Waals surface area contributed by atoms with Crippen molar-refractivity contribution in [1.82, 2.24) is 5.32 Å². The lowest BCUT2D eigenvalue weighted by Crippen LogP contribution is -2.54. The summed E-state index contributed by atoms with van der Waals surface area (Å²) in [4.78, 5) is 48.8. The topological polar surface area (TPSA) is 116 Å². The Bertz CT molecular complexity index is 1030. The van der Waals surface area contributed by atoms with Gasteiger partial charge in [-0.15, -0.1) is 0 Å². The number of nitrogens with one attached hydrogen (secondary N) is 1. The predicted octanol–water partition coefficient (Wildman–Crippen LogP) is 1.38. The number of ether oxygens (including phenoxy) is 1. The summed E-state index contributed by atoms with van der Waals surface area (Å²) in [6.45, 7) is 0. The first-order chi connectivity index (χ1) is 13.3. The number of methoxy groups -OCH3 is 1. The number of carboxylic acid groups (broad SMARTS) is 1. The average Bonchev–Trinajstić information content (AvgIpc) is 2.65. The second-order valence-corrected chi connectivity index (χ2v) is 6.11. The Hall–Kier alpha value is -3.65. The van der Waals surface area contributed by atoms with Crippen LogP contribution < -0.4 is 20.1 Å². The molecule has 8 nitrogen and oxygen atoms in total. The molecule has 142 valence electrons. The molecule has 1 aliphatic rings. The molecule has 0 aromatic heterocycles. The molecule has 0 aliphatic carbocycles. The van der Waals surface area contributed by atoms with Gasteiger partial charge in [-0.2, -0.15) is 0 Å². The van der Waals surface area contributed by atoms with Crippen LogP contribution in [0.25, 0.3) is 6.08 Å². The van der Waals surface area contributed by atoms with Crippen LogP contribution in [-0.2, 0) is 9.59 Å². The van der Waals surface area contributed by atoms with Crippen molar-refractivity contribution < 1.29 is 29.0 Å². The van der Waals surface area contributed by atoms with Crippen LogP contribution in [0.4, 0.5) is 10.5 Å². The molecule has 9 heteroatoms. The molecule has 3 rings (SSSR count). The number of amides is 4. The number of aromatic carboxylic acids is 1. The first kappa shape index (κ1) is 19.1. The molecular formula is C19H12ClN2O6-. The number of carbonyl (C=O) groups excluding carboxylic acids is 4. The number of nitrogens with zero attached hydrogens (tertiary/aromatic N) is 1. The van der Waals surface area contributed by atoms with E-state index in [2.05, 4.69) is 5.32 Å². The number of hydrogen-bond acceptors (Lipinski definition) is 6. The van der Waals surface area contributed by atoms with Crippen molar-refractivity contribution in [1.29, 1.82) is 0 Å². The van der Waals surface area contributed by atoms with Gasteiger partial charge in [-0.3, -0.25) is 14.9 Å². The monoisotopic (exact) mass is 399 g/mol. The van der Waals surface area contributed by atoms with E-state index < -0.39 is 23.8 Å². The van der Waals surface area contributed by atoms with E-state index in [0.29, 0.717) is 16.3 Å². The van der Waals surface area contributed by atoms with E-state index in [-0.39, 0.29) is 16.8 Å². The van der Waals surface area contributed by atoms with Crippen LogP contribution in [-0.4, -0.2) is 30.9 Å². The maximum absolute atomic E-state index is 12.8. The summed E-state index contributed by atoms with van der Waals surface area (Å²) in [6, 6.07) is 8.60. The molecule has 0 saturated carbocycles. The van der Waals surface area contributed by atoms with Crippen LogP contribution in [0.1, 0.15) is 15.9 Å². The van der Waals surface area contributed by atoms with Gasteiger partial charge in [0, 0.05) is 10.6 Å². The van der Waals surface area contributed by atoms with E-state index in [0.717, 1.165) is 4.90 Å². The average molecular weight is 400 g/mol. The minimum atomic E-state index is -1.40. The molecular weight excluding hydrogens is 388 g/mol. The van der Waals surface area contributed by atoms with Crippen molar-refractivity contribution in [2.45, 2.75) is 0 Å². The van der Waals surface area contributed by atoms with Gasteiger partial charge in [0.25, 0.3) is 11.8 Å². The molecule has 0 radical (unpaired) electrons. The number of carboxylic acids is 1. The number of halogens is 1. The molecule has 2 aromatic carbocycles. The highest BCUT2D eigenvalue weighted by atomic mass is 35.5. The van der Waals surface area contributed by atoms with Crippen molar-refractivity contribution in [3.05, 3.63) is 64.2 Å². The van der Waals surface area contributed by atoms with Crippen molar-refractivity contribution in [2.24, 2.45) is 0 Å². The predicted molar refractivity (Wildman–Crippen MR) is 97.8 cm³/mol. The number of hydrogen-bond donors (Lipinski definition) is 1. The molecule has 0 spiro atoms. The lowest BCUT2D eigenvalue weighted by molar-refractivity contribution is -0.255. The smallest absolute Gasteiger partial charge is 0.335 e. The Labute approximate surface area is 164 Å². The lowest BCUT2D eigenvalue weighted by atomic mass is 10.1. The van der Waals surface area contributed by atoms with E-state index in [4.69, 9.17) is 16.3 Å². The molecule has 0 bridgehead atoms. The minimum Gasteiger partial charge on any atom is -0.545 e. The molecule has 28 heavy (non-hydrogen) atoms. The van der Waals surface area contributed by atoms with Gasteiger partial charge < -0.3 is 14.6 Å². The molecule has 1 N–H and O–H groups in total. The number of anilines is 1. The van der Waals surface area contributed by atoms with Crippen molar-refractivity contribution in [2.75, 3.05) is 12.0 Å². The largest absolute Gasteiger partial charge is 0.545 e. The highest BCUT2D eigenvalue weighted by Gasteiger charge is 2.37. The summed E-state index contributed by atoms with van der Waals surface area (Å²) in [5.74, 6) is -2.78. The van der Waals surface area contributed by atoms with Crippen molar-refractivity contribution in [3.8, 4) is 5.75 Å². The molecule has 1 fully saturated rings. The van der Waals surface area contributed by atoms with E-state index in [9.17, 15) is 24.3 Å². The van der Waals surface area contributed by atoms with Gasteiger partial charge in [0.05, 0.1) is 18.8 Å². The van der Waals surface area contributed by atoms with Crippen LogP contribution in [0, 0.1) is 0 Å². The van der Waals surface area contributed by atoms with Crippen LogP contribution in [0.5, 0.6) is 5.75 Å². The normalized spacial score (nSPS) is 15.6. The maximum atomic E-state index is 12.8. The van der Waals surface area contributed by atoms with Crippen LogP contribution in [0.15, 0.2) is 48.0 Å². The highest BCUT2D eigenvalue weighted by molar-refractivity contribution is 6.39. The fraction of sp³-hybridized carbons (Fsp3) is 0.0526. The lowest BCUT2D eigenvalue weighted by Gasteiger charge is -2.26. The first-order valence-corrected chi connectivity index (χ1v) is 8.26. The van der Waals surface area contributed by atoms with Gasteiger partial charge >= 0.3 is 6.03 Å². The Balaban J connectivity index is 2.03. The van der Waals surface area contributed by atoms with Gasteiger partial charge in [0.1, 0.15) is 11.3 Å². The molecule has 4 amide bonds. The fourth-order valence-corrected chi connectivity index (χ4v) is 2.79. The molecule has 1 saturated heterocycles. The molecule has 0 atom stereocenters. The number of imide groups is 2. The van der Waals surface area contributed by atoms with E-state index in [1.54, 1.807) is 12.1 Å². The quantitative estimate of drug-likeness (QED) is 0.613. The number of carbonyl (C=O) groups is 4. The SMILES string of the molecule is COc1ccc(Cl)cc1/C=C1\C(=O)NC(=O)N(c2ccc(C(=O)[O-])cc2)C1=O. The zero-order valence-electron chi connectivity index (χ0n) is 14.4. The van der Waals surface area contributed by atoms with Gasteiger partial charge in [0.2, 0.25) is 0 Å². The first-order valence-electron chi connectivity index (χ1n) is 7.88. The number of benzene rings is 2. The molecule has 1 heterocycles. The summed E-state index contributed by atoms with van der Waals surface area (Å²) in [5.41, 5.74) is 0.0207. The van der Waals surface area contributed by atoms with Crippen molar-refractivity contribution in [3.63, 3.8) is 0 Å². The second kappa shape index (κ2) is 7.53. The van der Waals surface area contributed by atoms with Gasteiger partial charge in [-0.25, -0.2) is 9.69 Å². The Morgan fingerprint density at radius 1 is 1.14 bits per heavy atom. The molecule has 1 aliphatic heterocycles. The van der Waals surface area contributed by atoms with E-state index >= 15 is 0 Å². The third kappa shape index (κ3) is 3.58. The van der Waals surface area contributed by atoms with E-state index in [1.165, 1.54) is 43.5 Å². The number of barbiturate groups is 1. The Morgan fingerprint density at radius 2 is 1.82 bits per heavy atom. The zero-order valence-corrected chi connectivity index (χ0v) is 15.1. The summed E-state index contributed by atoms with van der Waals surface area (Å²) in [5, 5.41) is 13.3. The molecule has 0 unspecified atom stereocenters.